The number of carbonyl (C=O) groups excluding carboxylic acids is 2. The molecule has 0 bridgehead atoms. The lowest BCUT2D eigenvalue weighted by Crippen LogP contribution is -2.02. The van der Waals surface area contributed by atoms with Gasteiger partial charge in [-0.2, -0.15) is 0 Å². The molecule has 166 valence electrons. The zero-order chi connectivity index (χ0) is 23.8. The molecule has 0 aliphatic rings. The van der Waals surface area contributed by atoms with Gasteiger partial charge in [-0.15, -0.1) is 0 Å². The Bertz CT molecular complexity index is 1210. The number of ether oxygens (including phenoxy) is 3. The van der Waals surface area contributed by atoms with E-state index in [0.717, 1.165) is 35.3 Å². The van der Waals surface area contributed by atoms with Crippen molar-refractivity contribution in [2.24, 2.45) is 0 Å². The van der Waals surface area contributed by atoms with Crippen molar-refractivity contribution in [2.75, 3.05) is 0 Å². The molecule has 0 saturated carbocycles. The largest absolute Gasteiger partial charge is 0.459 e. The fourth-order valence-electron chi connectivity index (χ4n) is 2.80. The minimum atomic E-state index is -0.596. The summed E-state index contributed by atoms with van der Waals surface area (Å²) in [5.41, 5.74) is 3.64. The van der Waals surface area contributed by atoms with Gasteiger partial charge >= 0.3 is 11.9 Å². The molecule has 0 heterocycles. The van der Waals surface area contributed by atoms with Gasteiger partial charge in [0.15, 0.2) is 11.6 Å². The molecular formula is C27H21FO5. The van der Waals surface area contributed by atoms with E-state index >= 15 is 0 Å². The van der Waals surface area contributed by atoms with Gasteiger partial charge in [-0.3, -0.25) is 0 Å². The zero-order valence-corrected chi connectivity index (χ0v) is 17.9. The number of hydrogen-bond donors (Lipinski definition) is 0. The van der Waals surface area contributed by atoms with Crippen LogP contribution in [0.2, 0.25) is 0 Å². The lowest BCUT2D eigenvalue weighted by molar-refractivity contribution is -0.133. The monoisotopic (exact) mass is 444 g/mol. The molecule has 0 radical (unpaired) electrons. The van der Waals surface area contributed by atoms with E-state index < -0.39 is 17.8 Å². The fraction of sp³-hybridized carbons (Fsp3) is 0.0370. The highest BCUT2D eigenvalue weighted by Crippen LogP contribution is 2.29. The zero-order valence-electron chi connectivity index (χ0n) is 17.9. The van der Waals surface area contributed by atoms with E-state index in [1.807, 2.05) is 36.4 Å². The van der Waals surface area contributed by atoms with Crippen LogP contribution in [0.15, 0.2) is 104 Å². The molecule has 0 amide bonds. The SMILES string of the molecule is C=CC(=O)Oc1ccc(-c2ccc(-c3ccc(O/C=C\OC(=O)C(=C)C)c(F)c3)cc2)cc1. The minimum absolute atomic E-state index is 0.00441. The molecule has 0 aliphatic carbocycles. The summed E-state index contributed by atoms with van der Waals surface area (Å²) in [5.74, 6) is -1.24. The number of esters is 2. The van der Waals surface area contributed by atoms with E-state index in [2.05, 4.69) is 13.2 Å². The number of carbonyl (C=O) groups is 2. The van der Waals surface area contributed by atoms with Crippen molar-refractivity contribution in [3.63, 3.8) is 0 Å². The van der Waals surface area contributed by atoms with Crippen molar-refractivity contribution < 1.29 is 28.2 Å². The van der Waals surface area contributed by atoms with Crippen molar-refractivity contribution >= 4 is 11.9 Å². The van der Waals surface area contributed by atoms with E-state index in [1.165, 1.54) is 19.1 Å². The summed E-state index contributed by atoms with van der Waals surface area (Å²) >= 11 is 0. The summed E-state index contributed by atoms with van der Waals surface area (Å²) in [6.07, 6.45) is 3.21. The second kappa shape index (κ2) is 10.7. The summed E-state index contributed by atoms with van der Waals surface area (Å²) in [4.78, 5) is 22.5. The molecule has 5 nitrogen and oxygen atoms in total. The van der Waals surface area contributed by atoms with Crippen LogP contribution in [0.5, 0.6) is 11.5 Å². The van der Waals surface area contributed by atoms with Crippen LogP contribution in [-0.2, 0) is 14.3 Å². The molecule has 0 atom stereocenters. The lowest BCUT2D eigenvalue weighted by Gasteiger charge is -2.08. The predicted molar refractivity (Wildman–Crippen MR) is 124 cm³/mol. The number of benzene rings is 3. The first-order chi connectivity index (χ1) is 15.9. The Labute approximate surface area is 191 Å². The van der Waals surface area contributed by atoms with Gasteiger partial charge < -0.3 is 14.2 Å². The van der Waals surface area contributed by atoms with Crippen LogP contribution in [0.3, 0.4) is 0 Å². The average molecular weight is 444 g/mol. The quantitative estimate of drug-likeness (QED) is 0.179. The van der Waals surface area contributed by atoms with Crippen molar-refractivity contribution in [3.8, 4) is 33.8 Å². The molecule has 0 spiro atoms. The van der Waals surface area contributed by atoms with Crippen molar-refractivity contribution in [1.29, 1.82) is 0 Å². The molecular weight excluding hydrogens is 423 g/mol. The second-order valence-corrected chi connectivity index (χ2v) is 6.95. The highest BCUT2D eigenvalue weighted by Gasteiger charge is 2.07. The summed E-state index contributed by atoms with van der Waals surface area (Å²) in [6, 6.07) is 19.3. The number of halogens is 1. The van der Waals surface area contributed by atoms with Gasteiger partial charge in [0.1, 0.15) is 18.3 Å². The lowest BCUT2D eigenvalue weighted by atomic mass is 10.00. The third kappa shape index (κ3) is 6.27. The number of rotatable bonds is 8. The van der Waals surface area contributed by atoms with Gasteiger partial charge in [-0.25, -0.2) is 14.0 Å². The van der Waals surface area contributed by atoms with Gasteiger partial charge in [-0.1, -0.05) is 55.6 Å². The van der Waals surface area contributed by atoms with Gasteiger partial charge in [-0.05, 0) is 53.4 Å². The van der Waals surface area contributed by atoms with Crippen LogP contribution >= 0.6 is 0 Å². The van der Waals surface area contributed by atoms with Crippen LogP contribution in [-0.4, -0.2) is 11.9 Å². The average Bonchev–Trinajstić information content (AvgIpc) is 2.83. The predicted octanol–water partition coefficient (Wildman–Crippen LogP) is 6.22. The smallest absolute Gasteiger partial charge is 0.338 e. The van der Waals surface area contributed by atoms with Crippen molar-refractivity contribution in [3.05, 3.63) is 110 Å². The molecule has 33 heavy (non-hydrogen) atoms. The molecule has 0 saturated heterocycles. The van der Waals surface area contributed by atoms with Gasteiger partial charge in [0.2, 0.25) is 0 Å². The molecule has 0 aromatic heterocycles. The van der Waals surface area contributed by atoms with Crippen molar-refractivity contribution in [2.45, 2.75) is 6.92 Å². The summed E-state index contributed by atoms with van der Waals surface area (Å²) < 4.78 is 29.4. The van der Waals surface area contributed by atoms with Gasteiger partial charge in [0.05, 0.1) is 0 Å². The maximum absolute atomic E-state index is 14.4. The Balaban J connectivity index is 1.67. The Morgan fingerprint density at radius 1 is 0.848 bits per heavy atom. The number of hydrogen-bond acceptors (Lipinski definition) is 5. The van der Waals surface area contributed by atoms with E-state index in [-0.39, 0.29) is 11.3 Å². The molecule has 0 N–H and O–H groups in total. The fourth-order valence-corrected chi connectivity index (χ4v) is 2.80. The topological polar surface area (TPSA) is 61.8 Å². The second-order valence-electron chi connectivity index (χ2n) is 6.95. The molecule has 6 heteroatoms. The summed E-state index contributed by atoms with van der Waals surface area (Å²) in [7, 11) is 0. The molecule has 3 rings (SSSR count). The third-order valence-corrected chi connectivity index (χ3v) is 4.50. The first kappa shape index (κ1) is 23.2. The summed E-state index contributed by atoms with van der Waals surface area (Å²) in [6.45, 7) is 8.34. The Morgan fingerprint density at radius 3 is 1.94 bits per heavy atom. The Morgan fingerprint density at radius 2 is 1.39 bits per heavy atom. The van der Waals surface area contributed by atoms with Crippen LogP contribution < -0.4 is 9.47 Å². The van der Waals surface area contributed by atoms with E-state index in [0.29, 0.717) is 11.3 Å². The first-order valence-electron chi connectivity index (χ1n) is 9.90. The standard InChI is InChI=1S/C27H21FO5/c1-4-26(29)33-23-12-9-20(10-13-23)19-5-7-21(8-6-19)22-11-14-25(24(28)17-22)31-15-16-32-27(30)18(2)3/h4-17H,1-2H2,3H3/b16-15-. The van der Waals surface area contributed by atoms with E-state index in [4.69, 9.17) is 14.2 Å². The summed E-state index contributed by atoms with van der Waals surface area (Å²) in [5, 5.41) is 0. The van der Waals surface area contributed by atoms with E-state index in [1.54, 1.807) is 18.2 Å². The Hall–Kier alpha value is -4.45. The highest BCUT2D eigenvalue weighted by molar-refractivity contribution is 5.87. The van der Waals surface area contributed by atoms with Gasteiger partial charge in [0, 0.05) is 11.6 Å². The van der Waals surface area contributed by atoms with Crippen LogP contribution in [0, 0.1) is 5.82 Å². The minimum Gasteiger partial charge on any atom is -0.459 e. The maximum atomic E-state index is 14.4. The molecule has 0 aliphatic heterocycles. The van der Waals surface area contributed by atoms with Crippen LogP contribution in [0.4, 0.5) is 4.39 Å². The highest BCUT2D eigenvalue weighted by atomic mass is 19.1. The first-order valence-corrected chi connectivity index (χ1v) is 9.90. The van der Waals surface area contributed by atoms with Crippen LogP contribution in [0.25, 0.3) is 22.3 Å². The molecule has 0 unspecified atom stereocenters. The van der Waals surface area contributed by atoms with E-state index in [9.17, 15) is 14.0 Å². The third-order valence-electron chi connectivity index (χ3n) is 4.50. The van der Waals surface area contributed by atoms with Crippen molar-refractivity contribution in [1.82, 2.24) is 0 Å². The molecule has 0 fully saturated rings. The molecule has 3 aromatic carbocycles. The Kier molecular flexibility index (Phi) is 7.55. The van der Waals surface area contributed by atoms with Crippen LogP contribution in [0.1, 0.15) is 6.92 Å². The normalized spacial score (nSPS) is 10.5. The van der Waals surface area contributed by atoms with Gasteiger partial charge in [0.25, 0.3) is 0 Å². The maximum Gasteiger partial charge on any atom is 0.338 e. The molecule has 3 aromatic rings.